The minimum absolute atomic E-state index is 0.00433. The number of hydrogen-bond acceptors (Lipinski definition) is 6. The van der Waals surface area contributed by atoms with Crippen molar-refractivity contribution in [2.75, 3.05) is 32.9 Å². The maximum Gasteiger partial charge on any atom is 0.246 e. The first kappa shape index (κ1) is 21.0. The van der Waals surface area contributed by atoms with E-state index in [-0.39, 0.29) is 18.3 Å². The molecule has 28 heavy (non-hydrogen) atoms. The fraction of sp³-hybridized carbons (Fsp3) is 0.667. The average Bonchev–Trinajstić information content (AvgIpc) is 2.66. The summed E-state index contributed by atoms with van der Waals surface area (Å²) in [5.74, 6) is 0.0670. The van der Waals surface area contributed by atoms with Crippen LogP contribution < -0.4 is 5.32 Å². The minimum Gasteiger partial charge on any atom is -0.508 e. The molecule has 2 aliphatic rings. The van der Waals surface area contributed by atoms with E-state index in [0.717, 1.165) is 25.2 Å². The molecule has 0 bridgehead atoms. The third kappa shape index (κ3) is 4.66. The fourth-order valence-electron chi connectivity index (χ4n) is 4.36. The molecule has 1 aromatic carbocycles. The monoisotopic (exact) mass is 392 g/mol. The number of ether oxygens (including phenoxy) is 2. The summed E-state index contributed by atoms with van der Waals surface area (Å²) in [7, 11) is 0. The minimum atomic E-state index is -0.776. The fourth-order valence-corrected chi connectivity index (χ4v) is 4.36. The molecule has 0 unspecified atom stereocenters. The Bertz CT molecular complexity index is 675. The number of phenols is 1. The Morgan fingerprint density at radius 2 is 2.11 bits per heavy atom. The number of aliphatic hydroxyl groups is 1. The predicted molar refractivity (Wildman–Crippen MR) is 105 cm³/mol. The van der Waals surface area contributed by atoms with Crippen molar-refractivity contribution in [3.8, 4) is 5.75 Å². The number of carbonyl (C=O) groups excluding carboxylic acids is 1. The van der Waals surface area contributed by atoms with Crippen molar-refractivity contribution in [3.05, 3.63) is 29.8 Å². The van der Waals surface area contributed by atoms with Gasteiger partial charge in [-0.15, -0.1) is 0 Å². The van der Waals surface area contributed by atoms with Crippen molar-refractivity contribution >= 4 is 5.91 Å². The number of carbonyl (C=O) groups is 1. The number of likely N-dealkylation sites (tertiary alicyclic amines) is 1. The van der Waals surface area contributed by atoms with Gasteiger partial charge in [-0.1, -0.05) is 12.1 Å². The molecule has 0 saturated carbocycles. The van der Waals surface area contributed by atoms with E-state index >= 15 is 0 Å². The number of piperidine rings is 1. The van der Waals surface area contributed by atoms with E-state index in [1.54, 1.807) is 12.1 Å². The maximum absolute atomic E-state index is 12.2. The molecule has 2 heterocycles. The topological polar surface area (TPSA) is 91.3 Å². The molecule has 1 spiro atoms. The van der Waals surface area contributed by atoms with Gasteiger partial charge in [-0.3, -0.25) is 9.69 Å². The molecular formula is C21H32N2O5. The van der Waals surface area contributed by atoms with Crippen LogP contribution in [0.5, 0.6) is 5.75 Å². The molecule has 2 atom stereocenters. The second kappa shape index (κ2) is 8.78. The van der Waals surface area contributed by atoms with Gasteiger partial charge < -0.3 is 25.0 Å². The van der Waals surface area contributed by atoms with Crippen molar-refractivity contribution in [3.63, 3.8) is 0 Å². The molecule has 0 aromatic heterocycles. The van der Waals surface area contributed by atoms with Gasteiger partial charge in [-0.05, 0) is 50.8 Å². The van der Waals surface area contributed by atoms with E-state index in [9.17, 15) is 15.0 Å². The summed E-state index contributed by atoms with van der Waals surface area (Å²) in [5.41, 5.74) is -0.296. The molecule has 3 N–H and O–H groups in total. The van der Waals surface area contributed by atoms with E-state index in [1.165, 1.54) is 0 Å². The highest BCUT2D eigenvalue weighted by molar-refractivity contribution is 5.78. The quantitative estimate of drug-likeness (QED) is 0.678. The number of hydrogen-bond donors (Lipinski definition) is 3. The van der Waals surface area contributed by atoms with Gasteiger partial charge in [0.05, 0.1) is 11.1 Å². The molecular weight excluding hydrogens is 360 g/mol. The summed E-state index contributed by atoms with van der Waals surface area (Å²) in [6.45, 7) is 7.06. The van der Waals surface area contributed by atoms with Gasteiger partial charge >= 0.3 is 0 Å². The third-order valence-corrected chi connectivity index (χ3v) is 5.99. The van der Waals surface area contributed by atoms with Crippen molar-refractivity contribution in [1.82, 2.24) is 10.2 Å². The number of nitrogens with one attached hydrogen (secondary N) is 1. The molecule has 3 rings (SSSR count). The first-order valence-corrected chi connectivity index (χ1v) is 10.1. The largest absolute Gasteiger partial charge is 0.508 e. The molecule has 2 aliphatic heterocycles. The third-order valence-electron chi connectivity index (χ3n) is 5.99. The van der Waals surface area contributed by atoms with Gasteiger partial charge in [0.25, 0.3) is 0 Å². The SMILES string of the molecule is CCOCC(=O)N[C@@]1(C)CCOC2(CCN(Cc3cccc(O)c3)CC2)[C@@H]1O. The number of phenolic OH excluding ortho intramolecular Hbond substituents is 1. The highest BCUT2D eigenvalue weighted by Crippen LogP contribution is 2.40. The van der Waals surface area contributed by atoms with Gasteiger partial charge in [0.2, 0.25) is 5.91 Å². The first-order valence-electron chi connectivity index (χ1n) is 10.1. The van der Waals surface area contributed by atoms with Crippen molar-refractivity contribution in [2.24, 2.45) is 0 Å². The molecule has 2 fully saturated rings. The van der Waals surface area contributed by atoms with E-state index in [0.29, 0.717) is 32.5 Å². The van der Waals surface area contributed by atoms with Crippen LogP contribution in [0.25, 0.3) is 0 Å². The summed E-state index contributed by atoms with van der Waals surface area (Å²) < 4.78 is 11.3. The van der Waals surface area contributed by atoms with Crippen LogP contribution in [0.2, 0.25) is 0 Å². The highest BCUT2D eigenvalue weighted by atomic mass is 16.5. The second-order valence-corrected chi connectivity index (χ2v) is 8.11. The summed E-state index contributed by atoms with van der Waals surface area (Å²) in [4.78, 5) is 14.5. The molecule has 7 nitrogen and oxygen atoms in total. The lowest BCUT2D eigenvalue weighted by Crippen LogP contribution is -2.69. The van der Waals surface area contributed by atoms with E-state index < -0.39 is 17.2 Å². The number of rotatable bonds is 6. The Labute approximate surface area is 166 Å². The standard InChI is InChI=1S/C21H32N2O5/c1-3-27-15-18(25)22-20(2)9-12-28-21(19(20)26)7-10-23(11-8-21)14-16-5-4-6-17(24)13-16/h4-6,13,19,24,26H,3,7-12,14-15H2,1-2H3,(H,22,25)/t19-,20+/m1/s1. The second-order valence-electron chi connectivity index (χ2n) is 8.11. The zero-order valence-electron chi connectivity index (χ0n) is 16.8. The Balaban J connectivity index is 1.60. The molecule has 2 saturated heterocycles. The van der Waals surface area contributed by atoms with Crippen molar-refractivity contribution in [1.29, 1.82) is 0 Å². The van der Waals surface area contributed by atoms with Gasteiger partial charge in [0.1, 0.15) is 18.5 Å². The molecule has 156 valence electrons. The van der Waals surface area contributed by atoms with Gasteiger partial charge in [0.15, 0.2) is 0 Å². The van der Waals surface area contributed by atoms with Gasteiger partial charge in [-0.25, -0.2) is 0 Å². The number of nitrogens with zero attached hydrogens (tertiary/aromatic N) is 1. The Kier molecular flexibility index (Phi) is 6.60. The zero-order chi connectivity index (χ0) is 20.2. The molecule has 1 amide bonds. The average molecular weight is 392 g/mol. The number of benzene rings is 1. The number of aliphatic hydroxyl groups excluding tert-OH is 1. The predicted octanol–water partition coefficient (Wildman–Crippen LogP) is 1.42. The lowest BCUT2D eigenvalue weighted by molar-refractivity contribution is -0.208. The van der Waals surface area contributed by atoms with E-state index in [2.05, 4.69) is 10.2 Å². The Morgan fingerprint density at radius 1 is 1.36 bits per heavy atom. The van der Waals surface area contributed by atoms with Crippen LogP contribution in [-0.4, -0.2) is 71.2 Å². The molecule has 7 heteroatoms. The van der Waals surface area contributed by atoms with Gasteiger partial charge in [-0.2, -0.15) is 0 Å². The Hall–Kier alpha value is -1.67. The van der Waals surface area contributed by atoms with Crippen LogP contribution >= 0.6 is 0 Å². The van der Waals surface area contributed by atoms with Crippen molar-refractivity contribution in [2.45, 2.75) is 56.9 Å². The van der Waals surface area contributed by atoms with Gasteiger partial charge in [0, 0.05) is 32.8 Å². The summed E-state index contributed by atoms with van der Waals surface area (Å²) in [6.07, 6.45) is 1.19. The molecule has 1 aromatic rings. The lowest BCUT2D eigenvalue weighted by atomic mass is 9.73. The summed E-state index contributed by atoms with van der Waals surface area (Å²) >= 11 is 0. The van der Waals surface area contributed by atoms with Crippen LogP contribution in [0, 0.1) is 0 Å². The van der Waals surface area contributed by atoms with Crippen LogP contribution in [0.15, 0.2) is 24.3 Å². The lowest BCUT2D eigenvalue weighted by Gasteiger charge is -2.53. The smallest absolute Gasteiger partial charge is 0.246 e. The Morgan fingerprint density at radius 3 is 2.79 bits per heavy atom. The van der Waals surface area contributed by atoms with E-state index in [4.69, 9.17) is 9.47 Å². The summed E-state index contributed by atoms with van der Waals surface area (Å²) in [5, 5.41) is 23.8. The normalized spacial score (nSPS) is 27.6. The highest BCUT2D eigenvalue weighted by Gasteiger charge is 2.53. The number of amides is 1. The van der Waals surface area contributed by atoms with Crippen molar-refractivity contribution < 1.29 is 24.5 Å². The first-order chi connectivity index (χ1) is 13.4. The number of aromatic hydroxyl groups is 1. The van der Waals surface area contributed by atoms with Crippen LogP contribution in [-0.2, 0) is 20.8 Å². The van der Waals surface area contributed by atoms with Crippen LogP contribution in [0.4, 0.5) is 0 Å². The van der Waals surface area contributed by atoms with Crippen LogP contribution in [0.1, 0.15) is 38.7 Å². The molecule has 0 radical (unpaired) electrons. The maximum atomic E-state index is 12.2. The zero-order valence-corrected chi connectivity index (χ0v) is 16.8. The van der Waals surface area contributed by atoms with E-state index in [1.807, 2.05) is 26.0 Å². The van der Waals surface area contributed by atoms with Crippen LogP contribution in [0.3, 0.4) is 0 Å². The summed E-state index contributed by atoms with van der Waals surface area (Å²) in [6, 6.07) is 7.30. The molecule has 0 aliphatic carbocycles.